The zero-order chi connectivity index (χ0) is 29.3. The molecule has 0 aliphatic rings. The molecule has 0 radical (unpaired) electrons. The fraction of sp³-hybridized carbons (Fsp3) is 0.290. The van der Waals surface area contributed by atoms with Crippen molar-refractivity contribution in [3.05, 3.63) is 84.5 Å². The molecule has 0 amide bonds. The average molecular weight is 551 g/mol. The van der Waals surface area contributed by atoms with Gasteiger partial charge >= 0.3 is 23.9 Å². The van der Waals surface area contributed by atoms with Gasteiger partial charge in [-0.05, 0) is 86.2 Å². The van der Waals surface area contributed by atoms with Crippen LogP contribution < -0.4 is 14.2 Å². The minimum absolute atomic E-state index is 0.0185. The molecule has 2 rings (SSSR count). The molecule has 0 heterocycles. The molecule has 2 aromatic carbocycles. The molecular weight excluding hydrogens is 516 g/mol. The SMILES string of the molecule is C=CC(=O)OCCCCCCOc1ccc(OC(=O)/C=C/c2ccc(OC(=O)C(=C)CC(=O)OC)c(C)c2)cc1. The predicted molar refractivity (Wildman–Crippen MR) is 149 cm³/mol. The van der Waals surface area contributed by atoms with Gasteiger partial charge in [0.1, 0.15) is 17.2 Å². The van der Waals surface area contributed by atoms with Crippen molar-refractivity contribution < 1.29 is 42.9 Å². The molecule has 0 aromatic heterocycles. The minimum Gasteiger partial charge on any atom is -0.494 e. The molecule has 0 unspecified atom stereocenters. The van der Waals surface area contributed by atoms with Crippen molar-refractivity contribution in [2.75, 3.05) is 20.3 Å². The average Bonchev–Trinajstić information content (AvgIpc) is 2.95. The van der Waals surface area contributed by atoms with Gasteiger partial charge in [0.25, 0.3) is 0 Å². The van der Waals surface area contributed by atoms with Crippen molar-refractivity contribution in [3.63, 3.8) is 0 Å². The van der Waals surface area contributed by atoms with E-state index in [1.54, 1.807) is 55.5 Å². The summed E-state index contributed by atoms with van der Waals surface area (Å²) in [4.78, 5) is 46.6. The topological polar surface area (TPSA) is 114 Å². The molecule has 9 heteroatoms. The molecule has 0 atom stereocenters. The lowest BCUT2D eigenvalue weighted by Crippen LogP contribution is -2.14. The monoisotopic (exact) mass is 550 g/mol. The van der Waals surface area contributed by atoms with Crippen molar-refractivity contribution in [1.29, 1.82) is 0 Å². The van der Waals surface area contributed by atoms with Gasteiger partial charge in [0.15, 0.2) is 0 Å². The number of hydrogen-bond acceptors (Lipinski definition) is 9. The number of carbonyl (C=O) groups is 4. The summed E-state index contributed by atoms with van der Waals surface area (Å²) < 4.78 is 25.8. The fourth-order valence-electron chi connectivity index (χ4n) is 3.28. The standard InChI is InChI=1S/C31H34O9/c1-5-28(32)38-19-9-7-6-8-18-37-25-12-14-26(15-13-25)39-29(33)17-11-24-10-16-27(22(2)20-24)40-31(35)23(3)21-30(34)36-4/h5,10-17,20H,1,3,6-9,18-19,21H2,2,4H3/b17-11+. The Hall–Kier alpha value is -4.66. The zero-order valence-electron chi connectivity index (χ0n) is 22.8. The first-order valence-electron chi connectivity index (χ1n) is 12.7. The van der Waals surface area contributed by atoms with Gasteiger partial charge in [0.2, 0.25) is 0 Å². The van der Waals surface area contributed by atoms with Crippen LogP contribution in [0.15, 0.2) is 73.3 Å². The Morgan fingerprint density at radius 1 is 0.850 bits per heavy atom. The first kappa shape index (κ1) is 31.6. The molecule has 0 aliphatic heterocycles. The fourth-order valence-corrected chi connectivity index (χ4v) is 3.28. The summed E-state index contributed by atoms with van der Waals surface area (Å²) in [5, 5.41) is 0. The van der Waals surface area contributed by atoms with Gasteiger partial charge in [0, 0.05) is 17.7 Å². The molecular formula is C31H34O9. The van der Waals surface area contributed by atoms with E-state index in [0.717, 1.165) is 31.8 Å². The van der Waals surface area contributed by atoms with Gasteiger partial charge in [-0.3, -0.25) is 4.79 Å². The van der Waals surface area contributed by atoms with Gasteiger partial charge in [-0.1, -0.05) is 19.2 Å². The maximum atomic E-state index is 12.2. The highest BCUT2D eigenvalue weighted by Gasteiger charge is 2.15. The maximum Gasteiger partial charge on any atom is 0.339 e. The lowest BCUT2D eigenvalue weighted by atomic mass is 10.1. The number of ether oxygens (including phenoxy) is 5. The van der Waals surface area contributed by atoms with Gasteiger partial charge in [0.05, 0.1) is 26.7 Å². The summed E-state index contributed by atoms with van der Waals surface area (Å²) in [5.41, 5.74) is 1.33. The summed E-state index contributed by atoms with van der Waals surface area (Å²) in [6.07, 6.45) is 7.31. The third kappa shape index (κ3) is 11.8. The highest BCUT2D eigenvalue weighted by molar-refractivity contribution is 5.94. The number of hydrogen-bond donors (Lipinski definition) is 0. The quantitative estimate of drug-likeness (QED) is 0.119. The van der Waals surface area contributed by atoms with Crippen LogP contribution in [0.1, 0.15) is 43.2 Å². The molecule has 9 nitrogen and oxygen atoms in total. The predicted octanol–water partition coefficient (Wildman–Crippen LogP) is 5.31. The molecule has 2 aromatic rings. The Balaban J connectivity index is 1.74. The Labute approximate surface area is 234 Å². The van der Waals surface area contributed by atoms with Gasteiger partial charge < -0.3 is 23.7 Å². The first-order chi connectivity index (χ1) is 19.2. The van der Waals surface area contributed by atoms with E-state index in [1.807, 2.05) is 0 Å². The molecule has 0 fully saturated rings. The number of aryl methyl sites for hydroxylation is 1. The van der Waals surface area contributed by atoms with Crippen LogP contribution in [0.3, 0.4) is 0 Å². The van der Waals surface area contributed by atoms with Crippen molar-refractivity contribution in [2.24, 2.45) is 0 Å². The molecule has 40 heavy (non-hydrogen) atoms. The van der Waals surface area contributed by atoms with Crippen LogP contribution in [0.4, 0.5) is 0 Å². The lowest BCUT2D eigenvalue weighted by Gasteiger charge is -2.09. The summed E-state index contributed by atoms with van der Waals surface area (Å²) in [7, 11) is 1.22. The maximum absolute atomic E-state index is 12.2. The molecule has 0 saturated carbocycles. The Bertz CT molecular complexity index is 1230. The van der Waals surface area contributed by atoms with Crippen molar-refractivity contribution >= 4 is 30.0 Å². The van der Waals surface area contributed by atoms with E-state index < -0.39 is 23.9 Å². The van der Waals surface area contributed by atoms with E-state index in [9.17, 15) is 19.2 Å². The molecule has 0 saturated heterocycles. The molecule has 212 valence electrons. The van der Waals surface area contributed by atoms with E-state index >= 15 is 0 Å². The van der Waals surface area contributed by atoms with Crippen LogP contribution in [0.25, 0.3) is 6.08 Å². The zero-order valence-corrected chi connectivity index (χ0v) is 22.8. The summed E-state index contributed by atoms with van der Waals surface area (Å²) >= 11 is 0. The van der Waals surface area contributed by atoms with Crippen LogP contribution in [-0.2, 0) is 28.7 Å². The highest BCUT2D eigenvalue weighted by atomic mass is 16.5. The van der Waals surface area contributed by atoms with Crippen LogP contribution >= 0.6 is 0 Å². The van der Waals surface area contributed by atoms with E-state index in [1.165, 1.54) is 13.2 Å². The molecule has 0 aliphatic carbocycles. The Morgan fingerprint density at radius 3 is 2.17 bits per heavy atom. The second-order valence-electron chi connectivity index (χ2n) is 8.63. The van der Waals surface area contributed by atoms with Crippen LogP contribution in [0, 0.1) is 6.92 Å². The number of unbranched alkanes of at least 4 members (excludes halogenated alkanes) is 3. The molecule has 0 bridgehead atoms. The largest absolute Gasteiger partial charge is 0.494 e. The first-order valence-corrected chi connectivity index (χ1v) is 12.7. The van der Waals surface area contributed by atoms with Gasteiger partial charge in [-0.25, -0.2) is 14.4 Å². The molecule has 0 spiro atoms. The van der Waals surface area contributed by atoms with Crippen LogP contribution in [-0.4, -0.2) is 44.2 Å². The summed E-state index contributed by atoms with van der Waals surface area (Å²) in [6, 6.07) is 11.7. The van der Waals surface area contributed by atoms with Crippen molar-refractivity contribution in [1.82, 2.24) is 0 Å². The number of methoxy groups -OCH3 is 1. The number of esters is 4. The van der Waals surface area contributed by atoms with Gasteiger partial charge in [-0.2, -0.15) is 0 Å². The normalized spacial score (nSPS) is 10.4. The van der Waals surface area contributed by atoms with Crippen molar-refractivity contribution in [3.8, 4) is 17.2 Å². The van der Waals surface area contributed by atoms with Crippen LogP contribution in [0.5, 0.6) is 17.2 Å². The van der Waals surface area contributed by atoms with E-state index in [-0.39, 0.29) is 12.0 Å². The second kappa shape index (κ2) is 17.0. The van der Waals surface area contributed by atoms with E-state index in [2.05, 4.69) is 17.9 Å². The summed E-state index contributed by atoms with van der Waals surface area (Å²) in [6.45, 7) is 9.58. The van der Waals surface area contributed by atoms with Gasteiger partial charge in [-0.15, -0.1) is 0 Å². The van der Waals surface area contributed by atoms with E-state index in [4.69, 9.17) is 18.9 Å². The van der Waals surface area contributed by atoms with Crippen molar-refractivity contribution in [2.45, 2.75) is 39.0 Å². The van der Waals surface area contributed by atoms with E-state index in [0.29, 0.717) is 41.6 Å². The number of rotatable bonds is 16. The number of benzene rings is 2. The Kier molecular flexibility index (Phi) is 13.4. The number of carbonyl (C=O) groups excluding carboxylic acids is 4. The molecule has 0 N–H and O–H groups in total. The third-order valence-electron chi connectivity index (χ3n) is 5.45. The summed E-state index contributed by atoms with van der Waals surface area (Å²) in [5.74, 6) is -0.914. The third-order valence-corrected chi connectivity index (χ3v) is 5.45. The Morgan fingerprint density at radius 2 is 1.52 bits per heavy atom. The lowest BCUT2D eigenvalue weighted by molar-refractivity contribution is -0.141. The minimum atomic E-state index is -0.725. The second-order valence-corrected chi connectivity index (χ2v) is 8.63. The smallest absolute Gasteiger partial charge is 0.339 e. The van der Waals surface area contributed by atoms with Crippen LogP contribution in [0.2, 0.25) is 0 Å². The highest BCUT2D eigenvalue weighted by Crippen LogP contribution is 2.22.